The van der Waals surface area contributed by atoms with Crippen molar-refractivity contribution in [3.8, 4) is 0 Å². The Bertz CT molecular complexity index is 285. The van der Waals surface area contributed by atoms with E-state index in [1.807, 2.05) is 10.9 Å². The summed E-state index contributed by atoms with van der Waals surface area (Å²) >= 11 is 0. The van der Waals surface area contributed by atoms with Crippen molar-refractivity contribution in [2.24, 2.45) is 5.92 Å². The molecule has 0 radical (unpaired) electrons. The molecular weight excluding hydrogens is 202 g/mol. The van der Waals surface area contributed by atoms with Crippen molar-refractivity contribution in [2.45, 2.75) is 19.4 Å². The molecule has 1 N–H and O–H groups in total. The molecule has 1 aliphatic rings. The average Bonchev–Trinajstić information content (AvgIpc) is 2.77. The van der Waals surface area contributed by atoms with Gasteiger partial charge < -0.3 is 10.2 Å². The fourth-order valence-electron chi connectivity index (χ4n) is 2.29. The Morgan fingerprint density at radius 2 is 2.44 bits per heavy atom. The van der Waals surface area contributed by atoms with Gasteiger partial charge in [0.05, 0.1) is 12.7 Å². The topological polar surface area (TPSA) is 46.0 Å². The van der Waals surface area contributed by atoms with Gasteiger partial charge in [-0.15, -0.1) is 5.10 Å². The van der Waals surface area contributed by atoms with E-state index in [0.29, 0.717) is 0 Å². The highest BCUT2D eigenvalue weighted by Gasteiger charge is 2.16. The molecule has 1 aliphatic heterocycles. The molecule has 0 bridgehead atoms. The SMILES string of the molecule is CN1CCCC(CNCCn2ccnn2)C1. The Kier molecular flexibility index (Phi) is 4.30. The summed E-state index contributed by atoms with van der Waals surface area (Å²) in [4.78, 5) is 2.42. The number of hydrogen-bond donors (Lipinski definition) is 1. The molecule has 5 nitrogen and oxygen atoms in total. The van der Waals surface area contributed by atoms with Gasteiger partial charge in [-0.25, -0.2) is 0 Å². The molecule has 0 amide bonds. The first kappa shape index (κ1) is 11.5. The zero-order chi connectivity index (χ0) is 11.2. The molecule has 2 rings (SSSR count). The van der Waals surface area contributed by atoms with Crippen molar-refractivity contribution >= 4 is 0 Å². The fourth-order valence-corrected chi connectivity index (χ4v) is 2.29. The van der Waals surface area contributed by atoms with Crippen LogP contribution in [0.3, 0.4) is 0 Å². The summed E-state index contributed by atoms with van der Waals surface area (Å²) in [5, 5.41) is 11.2. The summed E-state index contributed by atoms with van der Waals surface area (Å²) in [6.45, 7) is 5.50. The van der Waals surface area contributed by atoms with Gasteiger partial charge in [0.2, 0.25) is 0 Å². The Morgan fingerprint density at radius 3 is 3.19 bits per heavy atom. The van der Waals surface area contributed by atoms with Crippen LogP contribution in [0.4, 0.5) is 0 Å². The van der Waals surface area contributed by atoms with E-state index in [1.165, 1.54) is 25.9 Å². The molecule has 5 heteroatoms. The van der Waals surface area contributed by atoms with Crippen LogP contribution in [0.5, 0.6) is 0 Å². The summed E-state index contributed by atoms with van der Waals surface area (Å²) in [6, 6.07) is 0. The highest BCUT2D eigenvalue weighted by Crippen LogP contribution is 2.13. The Morgan fingerprint density at radius 1 is 1.50 bits per heavy atom. The molecule has 1 aromatic heterocycles. The second-order valence-electron chi connectivity index (χ2n) is 4.64. The van der Waals surface area contributed by atoms with Crippen molar-refractivity contribution in [2.75, 3.05) is 33.2 Å². The van der Waals surface area contributed by atoms with Gasteiger partial charge in [-0.3, -0.25) is 4.68 Å². The number of piperidine rings is 1. The molecular formula is C11H21N5. The fraction of sp³-hybridized carbons (Fsp3) is 0.818. The maximum absolute atomic E-state index is 3.93. The lowest BCUT2D eigenvalue weighted by molar-refractivity contribution is 0.206. The van der Waals surface area contributed by atoms with Gasteiger partial charge in [0.25, 0.3) is 0 Å². The van der Waals surface area contributed by atoms with Gasteiger partial charge in [-0.1, -0.05) is 5.21 Å². The number of rotatable bonds is 5. The third-order valence-electron chi connectivity index (χ3n) is 3.14. The highest BCUT2D eigenvalue weighted by molar-refractivity contribution is 4.72. The minimum atomic E-state index is 0.814. The molecule has 0 aromatic carbocycles. The summed E-state index contributed by atoms with van der Waals surface area (Å²) < 4.78 is 1.86. The molecule has 0 saturated carbocycles. The maximum Gasteiger partial charge on any atom is 0.0692 e. The molecule has 1 aromatic rings. The Balaban J connectivity index is 1.57. The number of nitrogens with one attached hydrogen (secondary N) is 1. The zero-order valence-corrected chi connectivity index (χ0v) is 9.97. The van der Waals surface area contributed by atoms with Crippen LogP contribution < -0.4 is 5.32 Å². The first-order chi connectivity index (χ1) is 7.84. The normalized spacial score (nSPS) is 22.4. The van der Waals surface area contributed by atoms with Crippen LogP contribution in [0.15, 0.2) is 12.4 Å². The summed E-state index contributed by atoms with van der Waals surface area (Å²) in [7, 11) is 2.21. The van der Waals surface area contributed by atoms with E-state index in [4.69, 9.17) is 0 Å². The monoisotopic (exact) mass is 223 g/mol. The zero-order valence-electron chi connectivity index (χ0n) is 9.97. The van der Waals surface area contributed by atoms with Gasteiger partial charge in [0, 0.05) is 19.3 Å². The molecule has 1 atom stereocenters. The van der Waals surface area contributed by atoms with Crippen molar-refractivity contribution < 1.29 is 0 Å². The molecule has 1 fully saturated rings. The third kappa shape index (κ3) is 3.57. The van der Waals surface area contributed by atoms with Crippen LogP contribution >= 0.6 is 0 Å². The van der Waals surface area contributed by atoms with Gasteiger partial charge in [0.15, 0.2) is 0 Å². The number of nitrogens with zero attached hydrogens (tertiary/aromatic N) is 4. The number of aromatic nitrogens is 3. The number of likely N-dealkylation sites (tertiary alicyclic amines) is 1. The Hall–Kier alpha value is -0.940. The summed E-state index contributed by atoms with van der Waals surface area (Å²) in [5.74, 6) is 0.814. The van der Waals surface area contributed by atoms with Crippen LogP contribution in [-0.2, 0) is 6.54 Å². The second-order valence-corrected chi connectivity index (χ2v) is 4.64. The minimum absolute atomic E-state index is 0.814. The lowest BCUT2D eigenvalue weighted by Gasteiger charge is -2.29. The van der Waals surface area contributed by atoms with E-state index in [9.17, 15) is 0 Å². The summed E-state index contributed by atoms with van der Waals surface area (Å²) in [6.07, 6.45) is 6.32. The van der Waals surface area contributed by atoms with Gasteiger partial charge in [-0.05, 0) is 38.9 Å². The van der Waals surface area contributed by atoms with Crippen molar-refractivity contribution in [1.82, 2.24) is 25.2 Å². The van der Waals surface area contributed by atoms with E-state index >= 15 is 0 Å². The van der Waals surface area contributed by atoms with E-state index in [-0.39, 0.29) is 0 Å². The van der Waals surface area contributed by atoms with Crippen LogP contribution in [0.2, 0.25) is 0 Å². The minimum Gasteiger partial charge on any atom is -0.315 e. The number of hydrogen-bond acceptors (Lipinski definition) is 4. The van der Waals surface area contributed by atoms with E-state index in [2.05, 4.69) is 27.6 Å². The van der Waals surface area contributed by atoms with E-state index < -0.39 is 0 Å². The molecule has 1 saturated heterocycles. The molecule has 16 heavy (non-hydrogen) atoms. The molecule has 90 valence electrons. The van der Waals surface area contributed by atoms with Crippen molar-refractivity contribution in [3.05, 3.63) is 12.4 Å². The van der Waals surface area contributed by atoms with Gasteiger partial charge in [0.1, 0.15) is 0 Å². The lowest BCUT2D eigenvalue weighted by atomic mass is 9.98. The lowest BCUT2D eigenvalue weighted by Crippen LogP contribution is -2.38. The van der Waals surface area contributed by atoms with Gasteiger partial charge in [-0.2, -0.15) is 0 Å². The first-order valence-electron chi connectivity index (χ1n) is 6.08. The maximum atomic E-state index is 3.93. The van der Waals surface area contributed by atoms with Gasteiger partial charge >= 0.3 is 0 Å². The Labute approximate surface area is 96.8 Å². The van der Waals surface area contributed by atoms with Crippen LogP contribution in [0, 0.1) is 5.92 Å². The molecule has 0 aliphatic carbocycles. The van der Waals surface area contributed by atoms with Crippen molar-refractivity contribution in [1.29, 1.82) is 0 Å². The largest absolute Gasteiger partial charge is 0.315 e. The quantitative estimate of drug-likeness (QED) is 0.725. The predicted molar refractivity (Wildman–Crippen MR) is 63.1 cm³/mol. The molecule has 0 spiro atoms. The van der Waals surface area contributed by atoms with Crippen molar-refractivity contribution in [3.63, 3.8) is 0 Å². The van der Waals surface area contributed by atoms with Crippen LogP contribution in [0.25, 0.3) is 0 Å². The highest BCUT2D eigenvalue weighted by atomic mass is 15.4. The van der Waals surface area contributed by atoms with Crippen LogP contribution in [-0.4, -0.2) is 53.1 Å². The van der Waals surface area contributed by atoms with Crippen LogP contribution in [0.1, 0.15) is 12.8 Å². The van der Waals surface area contributed by atoms with E-state index in [0.717, 1.165) is 25.6 Å². The summed E-state index contributed by atoms with van der Waals surface area (Å²) in [5.41, 5.74) is 0. The van der Waals surface area contributed by atoms with E-state index in [1.54, 1.807) is 6.20 Å². The molecule has 2 heterocycles. The molecule has 1 unspecified atom stereocenters. The average molecular weight is 223 g/mol. The second kappa shape index (κ2) is 5.96. The smallest absolute Gasteiger partial charge is 0.0692 e. The predicted octanol–water partition coefficient (Wildman–Crippen LogP) is 0.210. The third-order valence-corrected chi connectivity index (χ3v) is 3.14. The first-order valence-corrected chi connectivity index (χ1v) is 6.08. The standard InChI is InChI=1S/C11H21N5/c1-15-6-2-3-11(10-15)9-12-4-7-16-8-5-13-14-16/h5,8,11-12H,2-4,6-7,9-10H2,1H3.